The Labute approximate surface area is 228 Å². The Morgan fingerprint density at radius 3 is 2.56 bits per heavy atom. The van der Waals surface area contributed by atoms with Gasteiger partial charge < -0.3 is 4.42 Å². The van der Waals surface area contributed by atoms with Gasteiger partial charge in [0.25, 0.3) is 0 Å². The van der Waals surface area contributed by atoms with E-state index in [0.29, 0.717) is 45.0 Å². The lowest BCUT2D eigenvalue weighted by atomic mass is 9.96. The Morgan fingerprint density at radius 1 is 1.10 bits per heavy atom. The van der Waals surface area contributed by atoms with Crippen molar-refractivity contribution in [1.29, 1.82) is 0 Å². The van der Waals surface area contributed by atoms with E-state index in [0.717, 1.165) is 30.5 Å². The highest BCUT2D eigenvalue weighted by Gasteiger charge is 2.29. The van der Waals surface area contributed by atoms with E-state index in [4.69, 9.17) is 14.7 Å². The second kappa shape index (κ2) is 9.82. The molecule has 2 aromatic carbocycles. The van der Waals surface area contributed by atoms with Gasteiger partial charge in [0.15, 0.2) is 0 Å². The monoisotopic (exact) mass is 566 g/mol. The molecule has 1 fully saturated rings. The van der Waals surface area contributed by atoms with Gasteiger partial charge in [-0.2, -0.15) is 5.10 Å². The summed E-state index contributed by atoms with van der Waals surface area (Å²) in [4.78, 5) is 3.91. The molecule has 39 heavy (non-hydrogen) atoms. The molecular weight excluding hydrogens is 542 g/mol. The third-order valence-electron chi connectivity index (χ3n) is 6.80. The molecule has 1 saturated carbocycles. The molecule has 0 bridgehead atoms. The fourth-order valence-electron chi connectivity index (χ4n) is 4.72. The predicted molar refractivity (Wildman–Crippen MR) is 144 cm³/mol. The molecule has 0 atom stereocenters. The second-order valence-corrected chi connectivity index (χ2v) is 12.1. The number of hydrogen-bond donors (Lipinski definition) is 1. The minimum Gasteiger partial charge on any atom is -0.461 e. The van der Waals surface area contributed by atoms with E-state index in [9.17, 15) is 17.2 Å². The zero-order valence-electron chi connectivity index (χ0n) is 20.9. The summed E-state index contributed by atoms with van der Waals surface area (Å²) in [5.74, 6) is 0.243. The standard InChI is InChI=1S/C28H24F2N4O3S2/c1-16-2-8-25(37-16)20-15-19(6-7-22(20)29)27-21(12-18-5-9-26(23(30)13-18)39(31,35)36)24(14-17-3-4-17)34(33-27)28-32-10-11-38-28/h2,5-11,13,15,17H,3-4,12,14H2,1H3,(H2,31,35,36). The first-order valence-electron chi connectivity index (χ1n) is 12.4. The van der Waals surface area contributed by atoms with Crippen LogP contribution in [0.4, 0.5) is 8.78 Å². The Hall–Kier alpha value is -3.67. The van der Waals surface area contributed by atoms with Crippen molar-refractivity contribution in [3.8, 4) is 27.7 Å². The number of aryl methyl sites for hydroxylation is 1. The van der Waals surface area contributed by atoms with Gasteiger partial charge in [0, 0.05) is 29.1 Å². The molecule has 1 aliphatic rings. The molecule has 0 saturated heterocycles. The first kappa shape index (κ1) is 25.6. The van der Waals surface area contributed by atoms with Crippen LogP contribution >= 0.6 is 11.3 Å². The topological polar surface area (TPSA) is 104 Å². The first-order chi connectivity index (χ1) is 18.7. The SMILES string of the molecule is Cc1ccc(-c2cc(-c3nn(-c4nccs4)c(CC4CC4)c3Cc3ccc(S(N)(=O)=O)c(F)c3)ccc2F)o1. The van der Waals surface area contributed by atoms with Crippen molar-refractivity contribution >= 4 is 21.4 Å². The zero-order valence-corrected chi connectivity index (χ0v) is 22.5. The van der Waals surface area contributed by atoms with Crippen LogP contribution in [-0.2, 0) is 22.9 Å². The Kier molecular flexibility index (Phi) is 6.44. The number of sulfonamides is 1. The average Bonchev–Trinajstić information content (AvgIpc) is 3.23. The zero-order chi connectivity index (χ0) is 27.3. The molecular formula is C28H24F2N4O3S2. The van der Waals surface area contributed by atoms with Crippen molar-refractivity contribution in [3.05, 3.63) is 94.3 Å². The van der Waals surface area contributed by atoms with Gasteiger partial charge in [0.1, 0.15) is 28.1 Å². The van der Waals surface area contributed by atoms with Crippen LogP contribution in [0.5, 0.6) is 0 Å². The fourth-order valence-corrected chi connectivity index (χ4v) is 5.92. The van der Waals surface area contributed by atoms with Crippen LogP contribution < -0.4 is 5.14 Å². The minimum atomic E-state index is -4.19. The van der Waals surface area contributed by atoms with Crippen LogP contribution in [0.25, 0.3) is 27.7 Å². The second-order valence-electron chi connectivity index (χ2n) is 9.74. The molecule has 1 aliphatic carbocycles. The molecule has 0 aliphatic heterocycles. The minimum absolute atomic E-state index is 0.275. The molecule has 6 rings (SSSR count). The van der Waals surface area contributed by atoms with Crippen LogP contribution in [0.3, 0.4) is 0 Å². The lowest BCUT2D eigenvalue weighted by molar-refractivity contribution is 0.540. The molecule has 7 nitrogen and oxygen atoms in total. The van der Waals surface area contributed by atoms with E-state index in [1.807, 2.05) is 10.1 Å². The summed E-state index contributed by atoms with van der Waals surface area (Å²) in [6.45, 7) is 1.80. The van der Waals surface area contributed by atoms with Crippen molar-refractivity contribution in [2.45, 2.75) is 37.5 Å². The summed E-state index contributed by atoms with van der Waals surface area (Å²) in [5, 5.41) is 12.7. The number of nitrogens with two attached hydrogens (primary N) is 1. The van der Waals surface area contributed by atoms with Crippen molar-refractivity contribution in [2.24, 2.45) is 11.1 Å². The summed E-state index contributed by atoms with van der Waals surface area (Å²) >= 11 is 1.45. The molecule has 0 radical (unpaired) electrons. The lowest BCUT2D eigenvalue weighted by Crippen LogP contribution is -2.14. The smallest absolute Gasteiger partial charge is 0.240 e. The van der Waals surface area contributed by atoms with E-state index in [2.05, 4.69) is 4.98 Å². The highest BCUT2D eigenvalue weighted by Crippen LogP contribution is 2.39. The number of furan rings is 1. The molecule has 2 N–H and O–H groups in total. The third-order valence-corrected chi connectivity index (χ3v) is 8.49. The summed E-state index contributed by atoms with van der Waals surface area (Å²) in [6.07, 6.45) is 4.95. The number of nitrogens with zero attached hydrogens (tertiary/aromatic N) is 3. The normalized spacial score (nSPS) is 13.7. The van der Waals surface area contributed by atoms with Crippen molar-refractivity contribution in [2.75, 3.05) is 0 Å². The predicted octanol–water partition coefficient (Wildman–Crippen LogP) is 6.03. The van der Waals surface area contributed by atoms with E-state index in [-0.39, 0.29) is 6.42 Å². The van der Waals surface area contributed by atoms with Gasteiger partial charge in [-0.15, -0.1) is 11.3 Å². The van der Waals surface area contributed by atoms with Gasteiger partial charge >= 0.3 is 0 Å². The summed E-state index contributed by atoms with van der Waals surface area (Å²) in [6, 6.07) is 12.2. The molecule has 3 heterocycles. The van der Waals surface area contributed by atoms with Gasteiger partial charge in [0.2, 0.25) is 15.2 Å². The first-order valence-corrected chi connectivity index (χ1v) is 14.8. The van der Waals surface area contributed by atoms with Gasteiger partial charge in [-0.1, -0.05) is 6.07 Å². The highest BCUT2D eigenvalue weighted by molar-refractivity contribution is 7.89. The van der Waals surface area contributed by atoms with E-state index in [1.165, 1.54) is 29.5 Å². The third kappa shape index (κ3) is 5.17. The van der Waals surface area contributed by atoms with Crippen LogP contribution in [0.2, 0.25) is 0 Å². The summed E-state index contributed by atoms with van der Waals surface area (Å²) < 4.78 is 60.7. The van der Waals surface area contributed by atoms with Crippen LogP contribution in [0.15, 0.2) is 69.4 Å². The molecule has 3 aromatic heterocycles. The maximum Gasteiger partial charge on any atom is 0.240 e. The van der Waals surface area contributed by atoms with Crippen LogP contribution in [-0.4, -0.2) is 23.2 Å². The number of halogens is 2. The molecule has 0 spiro atoms. The number of rotatable bonds is 8. The molecule has 5 aromatic rings. The Morgan fingerprint density at radius 2 is 1.92 bits per heavy atom. The summed E-state index contributed by atoms with van der Waals surface area (Å²) in [5.41, 5.74) is 3.93. The van der Waals surface area contributed by atoms with Gasteiger partial charge in [-0.25, -0.2) is 32.0 Å². The maximum atomic E-state index is 14.9. The van der Waals surface area contributed by atoms with E-state index in [1.54, 1.807) is 43.5 Å². The van der Waals surface area contributed by atoms with E-state index >= 15 is 0 Å². The Balaban J connectivity index is 1.52. The number of hydrogen-bond acceptors (Lipinski definition) is 6. The van der Waals surface area contributed by atoms with Crippen molar-refractivity contribution < 1.29 is 21.6 Å². The number of benzene rings is 2. The van der Waals surface area contributed by atoms with Gasteiger partial charge in [0.05, 0.1) is 17.0 Å². The van der Waals surface area contributed by atoms with Gasteiger partial charge in [-0.3, -0.25) is 0 Å². The van der Waals surface area contributed by atoms with Crippen molar-refractivity contribution in [1.82, 2.24) is 14.8 Å². The Bertz CT molecular complexity index is 1790. The molecule has 0 amide bonds. The van der Waals surface area contributed by atoms with Gasteiger partial charge in [-0.05, 0) is 80.1 Å². The highest BCUT2D eigenvalue weighted by atomic mass is 32.2. The maximum absolute atomic E-state index is 14.9. The quantitative estimate of drug-likeness (QED) is 0.247. The number of primary sulfonamides is 1. The molecule has 200 valence electrons. The van der Waals surface area contributed by atoms with Crippen LogP contribution in [0, 0.1) is 24.5 Å². The largest absolute Gasteiger partial charge is 0.461 e. The van der Waals surface area contributed by atoms with Crippen LogP contribution in [0.1, 0.15) is 35.4 Å². The number of thiazole rings is 1. The lowest BCUT2D eigenvalue weighted by Gasteiger charge is -2.10. The molecule has 0 unspecified atom stereocenters. The number of aromatic nitrogens is 3. The fraction of sp³-hybridized carbons (Fsp3) is 0.214. The summed E-state index contributed by atoms with van der Waals surface area (Å²) in [7, 11) is -4.19. The van der Waals surface area contributed by atoms with Crippen molar-refractivity contribution in [3.63, 3.8) is 0 Å². The average molecular weight is 567 g/mol. The molecule has 11 heteroatoms. The van der Waals surface area contributed by atoms with E-state index < -0.39 is 26.6 Å².